The van der Waals surface area contributed by atoms with E-state index < -0.39 is 39.3 Å². The second-order valence-electron chi connectivity index (χ2n) is 10.8. The van der Waals surface area contributed by atoms with Gasteiger partial charge in [0, 0.05) is 6.92 Å². The second-order valence-corrected chi connectivity index (χ2v) is 12.0. The van der Waals surface area contributed by atoms with Crippen molar-refractivity contribution in [3.8, 4) is 0 Å². The van der Waals surface area contributed by atoms with Crippen molar-refractivity contribution in [3.63, 3.8) is 0 Å². The zero-order chi connectivity index (χ0) is 32.0. The van der Waals surface area contributed by atoms with Gasteiger partial charge in [0.2, 0.25) is 5.91 Å². The molecule has 8 nitrogen and oxygen atoms in total. The fourth-order valence-electron chi connectivity index (χ4n) is 4.92. The van der Waals surface area contributed by atoms with Crippen LogP contribution in [0.25, 0.3) is 0 Å². The molecule has 0 spiro atoms. The van der Waals surface area contributed by atoms with Crippen molar-refractivity contribution in [2.75, 3.05) is 6.61 Å². The van der Waals surface area contributed by atoms with E-state index >= 15 is 4.39 Å². The molecule has 0 aliphatic carbocycles. The first-order chi connectivity index (χ1) is 22.5. The summed E-state index contributed by atoms with van der Waals surface area (Å²) >= 11 is 0. The summed E-state index contributed by atoms with van der Waals surface area (Å²) in [6.45, 7) is 2.10. The average molecular weight is 648 g/mol. The van der Waals surface area contributed by atoms with E-state index in [2.05, 4.69) is 5.32 Å². The van der Waals surface area contributed by atoms with Gasteiger partial charge in [0.1, 0.15) is 18.2 Å². The first-order valence-corrected chi connectivity index (χ1v) is 16.3. The quantitative estimate of drug-likeness (QED) is 0.131. The Morgan fingerprint density at radius 3 is 1.65 bits per heavy atom. The molecular weight excluding hydrogens is 608 g/mol. The van der Waals surface area contributed by atoms with Gasteiger partial charge in [-0.1, -0.05) is 121 Å². The number of rotatable bonds is 16. The van der Waals surface area contributed by atoms with E-state index in [9.17, 15) is 4.79 Å². The summed E-state index contributed by atoms with van der Waals surface area (Å²) in [7, 11) is -2.03. The van der Waals surface area contributed by atoms with Crippen LogP contribution in [0.1, 0.15) is 29.2 Å². The van der Waals surface area contributed by atoms with Crippen molar-refractivity contribution in [1.29, 1.82) is 0 Å². The number of benzene rings is 4. The molecular formula is C36H39FNO7P. The fourth-order valence-corrected chi connectivity index (χ4v) is 5.97. The van der Waals surface area contributed by atoms with Gasteiger partial charge in [-0.15, -0.1) is 0 Å². The third-order valence-corrected chi connectivity index (χ3v) is 8.28. The monoisotopic (exact) mass is 647 g/mol. The molecule has 0 aromatic heterocycles. The third-order valence-electron chi connectivity index (χ3n) is 7.22. The summed E-state index contributed by atoms with van der Waals surface area (Å²) < 4.78 is 53.2. The van der Waals surface area contributed by atoms with Gasteiger partial charge in [0.25, 0.3) is 0 Å². The molecule has 0 radical (unpaired) electrons. The molecule has 4 aromatic carbocycles. The number of halogens is 1. The molecule has 1 saturated heterocycles. The van der Waals surface area contributed by atoms with E-state index in [0.717, 1.165) is 22.3 Å². The van der Waals surface area contributed by atoms with Crippen LogP contribution in [-0.2, 0) is 59.0 Å². The van der Waals surface area contributed by atoms with E-state index in [1.807, 2.05) is 121 Å². The van der Waals surface area contributed by atoms with E-state index in [1.165, 1.54) is 6.92 Å². The Balaban J connectivity index is 1.36. The van der Waals surface area contributed by atoms with Crippen molar-refractivity contribution in [3.05, 3.63) is 144 Å². The molecule has 4 aromatic rings. The van der Waals surface area contributed by atoms with Crippen LogP contribution in [0.2, 0.25) is 0 Å². The van der Waals surface area contributed by atoms with Crippen molar-refractivity contribution in [2.24, 2.45) is 0 Å². The van der Waals surface area contributed by atoms with Gasteiger partial charge in [-0.3, -0.25) is 9.32 Å². The first-order valence-electron chi connectivity index (χ1n) is 15.2. The van der Waals surface area contributed by atoms with Crippen molar-refractivity contribution in [2.45, 2.75) is 64.1 Å². The highest BCUT2D eigenvalue weighted by Crippen LogP contribution is 2.45. The number of alkyl halides is 1. The van der Waals surface area contributed by atoms with Gasteiger partial charge in [-0.05, 0) is 22.3 Å². The van der Waals surface area contributed by atoms with Crippen LogP contribution in [0, 0.1) is 0 Å². The lowest BCUT2D eigenvalue weighted by Crippen LogP contribution is -2.64. The summed E-state index contributed by atoms with van der Waals surface area (Å²) in [4.78, 5) is 12.4. The molecule has 1 amide bonds. The van der Waals surface area contributed by atoms with E-state index in [0.29, 0.717) is 0 Å². The predicted octanol–water partition coefficient (Wildman–Crippen LogP) is 7.03. The van der Waals surface area contributed by atoms with Crippen LogP contribution in [0.15, 0.2) is 121 Å². The number of amides is 1. The predicted molar refractivity (Wildman–Crippen MR) is 173 cm³/mol. The number of hydrogen-bond acceptors (Lipinski definition) is 7. The number of carbonyl (C=O) groups excluding carboxylic acids is 1. The molecule has 0 unspecified atom stereocenters. The van der Waals surface area contributed by atoms with Gasteiger partial charge in [-0.2, -0.15) is 0 Å². The third kappa shape index (κ3) is 10.5. The van der Waals surface area contributed by atoms with Gasteiger partial charge in [0.05, 0.1) is 33.0 Å². The van der Waals surface area contributed by atoms with Gasteiger partial charge in [-0.25, -0.2) is 4.39 Å². The number of carbonyl (C=O) groups is 1. The molecule has 1 fully saturated rings. The summed E-state index contributed by atoms with van der Waals surface area (Å²) in [5.41, 5.74) is 3.65. The van der Waals surface area contributed by atoms with Crippen LogP contribution in [-0.4, -0.2) is 43.2 Å². The molecule has 10 heteroatoms. The second kappa shape index (κ2) is 18.0. The topological polar surface area (TPSA) is 84.5 Å². The normalized spacial score (nSPS) is 21.2. The number of ether oxygens (including phenoxy) is 3. The molecule has 5 rings (SSSR count). The zero-order valence-corrected chi connectivity index (χ0v) is 26.5. The summed E-state index contributed by atoms with van der Waals surface area (Å²) in [6, 6.07) is 37.3. The maximum absolute atomic E-state index is 16.3. The lowest BCUT2D eigenvalue weighted by molar-refractivity contribution is -0.247. The summed E-state index contributed by atoms with van der Waals surface area (Å²) in [6.07, 6.45) is -4.98. The van der Waals surface area contributed by atoms with Gasteiger partial charge in [0.15, 0.2) is 12.5 Å². The Hall–Kier alpha value is -3.53. The largest absolute Gasteiger partial charge is 0.374 e. The first kappa shape index (κ1) is 33.8. The highest BCUT2D eigenvalue weighted by atomic mass is 31.2. The molecule has 0 saturated carbocycles. The SMILES string of the molecule is CC(=O)N[C@H]1[C@@H](OP(OCc2ccccc2)OCc2ccccc2)O[C@H](COCc2ccccc2)[C@H](F)[C@@H]1OCc1ccccc1. The summed E-state index contributed by atoms with van der Waals surface area (Å²) in [5, 5.41) is 2.81. The Bertz CT molecular complexity index is 1390. The van der Waals surface area contributed by atoms with Crippen LogP contribution in [0.5, 0.6) is 0 Å². The van der Waals surface area contributed by atoms with E-state index in [-0.39, 0.29) is 38.9 Å². The number of nitrogens with one attached hydrogen (secondary N) is 1. The standard InChI is InChI=1S/C36H39FNO7P/c1-27(39)38-34-35(41-23-29-16-8-3-9-17-29)33(37)32(26-40-22-28-14-6-2-7-15-28)44-36(34)45-46(42-24-30-18-10-4-11-19-30)43-25-31-20-12-5-13-21-31/h2-21,32-36H,22-26H2,1H3,(H,38,39)/t32-,33+,34-,35+,36-/m1/s1. The fraction of sp³-hybridized carbons (Fsp3) is 0.306. The van der Waals surface area contributed by atoms with Crippen molar-refractivity contribution < 1.29 is 37.0 Å². The molecule has 1 aliphatic heterocycles. The molecule has 1 N–H and O–H groups in total. The Kier molecular flexibility index (Phi) is 13.2. The van der Waals surface area contributed by atoms with Crippen LogP contribution in [0.3, 0.4) is 0 Å². The highest BCUT2D eigenvalue weighted by Gasteiger charge is 2.49. The van der Waals surface area contributed by atoms with E-state index in [1.54, 1.807) is 0 Å². The zero-order valence-electron chi connectivity index (χ0n) is 25.7. The van der Waals surface area contributed by atoms with Crippen LogP contribution >= 0.6 is 8.60 Å². The van der Waals surface area contributed by atoms with E-state index in [4.69, 9.17) is 27.8 Å². The minimum Gasteiger partial charge on any atom is -0.374 e. The van der Waals surface area contributed by atoms with Crippen molar-refractivity contribution >= 4 is 14.5 Å². The molecule has 1 heterocycles. The van der Waals surface area contributed by atoms with Crippen LogP contribution in [0.4, 0.5) is 4.39 Å². The van der Waals surface area contributed by atoms with Gasteiger partial charge < -0.3 is 28.6 Å². The average Bonchev–Trinajstić information content (AvgIpc) is 3.09. The number of hydrogen-bond donors (Lipinski definition) is 1. The smallest absolute Gasteiger partial charge is 0.335 e. The minimum atomic E-state index is -2.03. The molecule has 1 aliphatic rings. The molecule has 46 heavy (non-hydrogen) atoms. The molecule has 5 atom stereocenters. The van der Waals surface area contributed by atoms with Crippen molar-refractivity contribution in [1.82, 2.24) is 5.32 Å². The Labute approximate surface area is 270 Å². The Morgan fingerprint density at radius 1 is 0.717 bits per heavy atom. The maximum atomic E-state index is 16.3. The summed E-state index contributed by atoms with van der Waals surface area (Å²) in [5.74, 6) is -0.388. The lowest BCUT2D eigenvalue weighted by Gasteiger charge is -2.43. The van der Waals surface area contributed by atoms with Crippen LogP contribution < -0.4 is 5.32 Å². The highest BCUT2D eigenvalue weighted by molar-refractivity contribution is 7.41. The molecule has 242 valence electrons. The maximum Gasteiger partial charge on any atom is 0.335 e. The lowest BCUT2D eigenvalue weighted by atomic mass is 9.97. The minimum absolute atomic E-state index is 0.0679. The van der Waals surface area contributed by atoms with Gasteiger partial charge >= 0.3 is 8.60 Å². The molecule has 0 bridgehead atoms. The Morgan fingerprint density at radius 2 is 1.17 bits per heavy atom.